The highest BCUT2D eigenvalue weighted by atomic mass is 32.2. The van der Waals surface area contributed by atoms with Crippen LogP contribution in [0, 0.1) is 17.3 Å². The average Bonchev–Trinajstić information content (AvgIpc) is 3.44. The van der Waals surface area contributed by atoms with Crippen molar-refractivity contribution in [3.05, 3.63) is 11.7 Å². The van der Waals surface area contributed by atoms with E-state index in [1.165, 1.54) is 30.8 Å². The van der Waals surface area contributed by atoms with E-state index in [0.717, 1.165) is 13.0 Å². The summed E-state index contributed by atoms with van der Waals surface area (Å²) in [6.07, 6.45) is 4.77. The zero-order valence-corrected chi connectivity index (χ0v) is 14.2. The summed E-state index contributed by atoms with van der Waals surface area (Å²) < 4.78 is 10.2. The van der Waals surface area contributed by atoms with Crippen LogP contribution < -0.4 is 5.32 Å². The fourth-order valence-electron chi connectivity index (χ4n) is 3.83. The first kappa shape index (κ1) is 15.4. The SMILES string of the molecule is COCc1noc([C@@H]2C[C@@H]2C(=O)NCC2CC23CCSCC3)n1. The number of nitrogens with one attached hydrogen (secondary N) is 1. The number of rotatable bonds is 6. The summed E-state index contributed by atoms with van der Waals surface area (Å²) in [5, 5.41) is 7.01. The highest BCUT2D eigenvalue weighted by Crippen LogP contribution is 2.60. The molecule has 0 aromatic carbocycles. The van der Waals surface area contributed by atoms with Gasteiger partial charge in [-0.1, -0.05) is 5.16 Å². The maximum absolute atomic E-state index is 12.3. The highest BCUT2D eigenvalue weighted by molar-refractivity contribution is 7.99. The Kier molecular flexibility index (Phi) is 4.09. The van der Waals surface area contributed by atoms with Gasteiger partial charge in [-0.15, -0.1) is 0 Å². The number of nitrogens with zero attached hydrogens (tertiary/aromatic N) is 2. The third-order valence-corrected chi connectivity index (χ3v) is 6.56. The molecule has 1 aliphatic heterocycles. The molecule has 1 aromatic rings. The van der Waals surface area contributed by atoms with Crippen LogP contribution in [0.4, 0.5) is 0 Å². The Bertz CT molecular complexity index is 585. The van der Waals surface area contributed by atoms with Crippen molar-refractivity contribution < 1.29 is 14.1 Å². The zero-order chi connectivity index (χ0) is 15.9. The zero-order valence-electron chi connectivity index (χ0n) is 13.4. The van der Waals surface area contributed by atoms with E-state index < -0.39 is 0 Å². The third kappa shape index (κ3) is 3.13. The Balaban J connectivity index is 1.23. The van der Waals surface area contributed by atoms with Crippen molar-refractivity contribution in [3.8, 4) is 0 Å². The second-order valence-corrected chi connectivity index (χ2v) is 8.28. The topological polar surface area (TPSA) is 77.2 Å². The number of hydrogen-bond acceptors (Lipinski definition) is 6. The van der Waals surface area contributed by atoms with Crippen LogP contribution in [0.2, 0.25) is 0 Å². The molecule has 23 heavy (non-hydrogen) atoms. The molecule has 7 heteroatoms. The second-order valence-electron chi connectivity index (χ2n) is 7.05. The predicted octanol–water partition coefficient (Wildman–Crippen LogP) is 1.97. The van der Waals surface area contributed by atoms with Crippen LogP contribution in [0.15, 0.2) is 4.52 Å². The van der Waals surface area contributed by atoms with Gasteiger partial charge in [-0.25, -0.2) is 0 Å². The van der Waals surface area contributed by atoms with Crippen molar-refractivity contribution in [2.75, 3.05) is 25.2 Å². The molecule has 6 nitrogen and oxygen atoms in total. The standard InChI is InChI=1S/C16H23N3O3S/c1-21-9-13-18-15(22-19-13)12-6-11(12)14(20)17-8-10-7-16(10)2-4-23-5-3-16/h10-12H,2-9H2,1H3,(H,17,20)/t10?,11-,12+/m0/s1. The molecule has 126 valence electrons. The van der Waals surface area contributed by atoms with E-state index in [9.17, 15) is 4.79 Å². The Hall–Kier alpha value is -1.08. The quantitative estimate of drug-likeness (QED) is 0.855. The third-order valence-electron chi connectivity index (χ3n) is 5.57. The second kappa shape index (κ2) is 6.09. The van der Waals surface area contributed by atoms with Gasteiger partial charge in [0.25, 0.3) is 0 Å². The minimum Gasteiger partial charge on any atom is -0.377 e. The molecule has 1 saturated heterocycles. The molecule has 3 aliphatic rings. The van der Waals surface area contributed by atoms with Gasteiger partial charge in [0, 0.05) is 13.7 Å². The molecule has 1 spiro atoms. The maximum Gasteiger partial charge on any atom is 0.230 e. The van der Waals surface area contributed by atoms with E-state index in [2.05, 4.69) is 27.2 Å². The van der Waals surface area contributed by atoms with Gasteiger partial charge in [0.05, 0.1) is 11.8 Å². The summed E-state index contributed by atoms with van der Waals surface area (Å²) in [7, 11) is 1.60. The van der Waals surface area contributed by atoms with Gasteiger partial charge in [0.1, 0.15) is 6.61 Å². The van der Waals surface area contributed by atoms with Gasteiger partial charge >= 0.3 is 0 Å². The van der Waals surface area contributed by atoms with Crippen LogP contribution in [0.3, 0.4) is 0 Å². The maximum atomic E-state index is 12.3. The number of ether oxygens (including phenoxy) is 1. The highest BCUT2D eigenvalue weighted by Gasteiger charge is 2.54. The summed E-state index contributed by atoms with van der Waals surface area (Å²) >= 11 is 2.06. The molecule has 2 saturated carbocycles. The lowest BCUT2D eigenvalue weighted by molar-refractivity contribution is -0.122. The van der Waals surface area contributed by atoms with E-state index in [0.29, 0.717) is 29.7 Å². The smallest absolute Gasteiger partial charge is 0.230 e. The summed E-state index contributed by atoms with van der Waals surface area (Å²) in [6, 6.07) is 0. The number of carbonyl (C=O) groups excluding carboxylic acids is 1. The fraction of sp³-hybridized carbons (Fsp3) is 0.812. The summed E-state index contributed by atoms with van der Waals surface area (Å²) in [4.78, 5) is 16.6. The normalized spacial score (nSPS) is 31.1. The number of aromatic nitrogens is 2. The number of hydrogen-bond donors (Lipinski definition) is 1. The largest absolute Gasteiger partial charge is 0.377 e. The van der Waals surface area contributed by atoms with Gasteiger partial charge in [0.15, 0.2) is 5.82 Å². The number of amides is 1. The summed E-state index contributed by atoms with van der Waals surface area (Å²) in [5.41, 5.74) is 0.559. The Morgan fingerprint density at radius 3 is 3.09 bits per heavy atom. The number of thioether (sulfide) groups is 1. The lowest BCUT2D eigenvalue weighted by atomic mass is 9.96. The summed E-state index contributed by atoms with van der Waals surface area (Å²) in [6.45, 7) is 1.18. The minimum absolute atomic E-state index is 0.00227. The van der Waals surface area contributed by atoms with Crippen molar-refractivity contribution >= 4 is 17.7 Å². The van der Waals surface area contributed by atoms with Crippen molar-refractivity contribution in [3.63, 3.8) is 0 Å². The first-order valence-corrected chi connectivity index (χ1v) is 9.54. The Labute approximate surface area is 140 Å². The van der Waals surface area contributed by atoms with Gasteiger partial charge in [0.2, 0.25) is 11.8 Å². The number of carbonyl (C=O) groups is 1. The molecule has 1 aromatic heterocycles. The minimum atomic E-state index is 0.00227. The molecule has 2 heterocycles. The summed E-state index contributed by atoms with van der Waals surface area (Å²) in [5.74, 6) is 4.63. The van der Waals surface area contributed by atoms with Crippen LogP contribution in [0.25, 0.3) is 0 Å². The molecule has 4 rings (SSSR count). The van der Waals surface area contributed by atoms with E-state index in [4.69, 9.17) is 9.26 Å². The lowest BCUT2D eigenvalue weighted by Gasteiger charge is -2.22. The van der Waals surface area contributed by atoms with E-state index in [-0.39, 0.29) is 17.7 Å². The van der Waals surface area contributed by atoms with Crippen LogP contribution in [0.1, 0.15) is 43.3 Å². The number of methoxy groups -OCH3 is 1. The molecule has 0 bridgehead atoms. The first-order valence-electron chi connectivity index (χ1n) is 8.39. The van der Waals surface area contributed by atoms with Crippen molar-refractivity contribution in [1.29, 1.82) is 0 Å². The lowest BCUT2D eigenvalue weighted by Crippen LogP contribution is -2.29. The molecular weight excluding hydrogens is 314 g/mol. The van der Waals surface area contributed by atoms with Crippen LogP contribution in [0.5, 0.6) is 0 Å². The molecule has 1 amide bonds. The molecule has 3 atom stereocenters. The molecular formula is C16H23N3O3S. The van der Waals surface area contributed by atoms with E-state index in [1.54, 1.807) is 7.11 Å². The molecule has 1 unspecified atom stereocenters. The van der Waals surface area contributed by atoms with Crippen LogP contribution in [-0.4, -0.2) is 41.2 Å². The molecule has 0 radical (unpaired) electrons. The monoisotopic (exact) mass is 337 g/mol. The van der Waals surface area contributed by atoms with Crippen molar-refractivity contribution in [2.24, 2.45) is 17.3 Å². The average molecular weight is 337 g/mol. The molecule has 1 N–H and O–H groups in total. The van der Waals surface area contributed by atoms with Gasteiger partial charge < -0.3 is 14.6 Å². The first-order chi connectivity index (χ1) is 11.2. The van der Waals surface area contributed by atoms with Crippen molar-refractivity contribution in [1.82, 2.24) is 15.5 Å². The van der Waals surface area contributed by atoms with Crippen LogP contribution >= 0.6 is 11.8 Å². The Morgan fingerprint density at radius 2 is 2.30 bits per heavy atom. The van der Waals surface area contributed by atoms with Crippen LogP contribution in [-0.2, 0) is 16.1 Å². The van der Waals surface area contributed by atoms with Gasteiger partial charge in [-0.3, -0.25) is 4.79 Å². The molecule has 3 fully saturated rings. The predicted molar refractivity (Wildman–Crippen MR) is 86.0 cm³/mol. The van der Waals surface area contributed by atoms with Gasteiger partial charge in [-0.2, -0.15) is 16.7 Å². The van der Waals surface area contributed by atoms with E-state index in [1.807, 2.05) is 0 Å². The van der Waals surface area contributed by atoms with Gasteiger partial charge in [-0.05, 0) is 48.5 Å². The molecule has 2 aliphatic carbocycles. The van der Waals surface area contributed by atoms with E-state index >= 15 is 0 Å². The van der Waals surface area contributed by atoms with Crippen molar-refractivity contribution in [2.45, 2.75) is 38.2 Å². The Morgan fingerprint density at radius 1 is 1.48 bits per heavy atom. The fourth-order valence-corrected chi connectivity index (χ4v) is 5.14.